The third-order valence-electron chi connectivity index (χ3n) is 1.80. The van der Waals surface area contributed by atoms with E-state index in [1.165, 1.54) is 0 Å². The Morgan fingerprint density at radius 2 is 2.07 bits per heavy atom. The molecule has 0 aromatic carbocycles. The second kappa shape index (κ2) is 11.4. The molecule has 0 aliphatic carbocycles. The minimum absolute atomic E-state index is 0.0749. The Labute approximate surface area is 91.3 Å². The molecule has 0 atom stereocenters. The van der Waals surface area contributed by atoms with Crippen molar-refractivity contribution in [2.75, 3.05) is 40.0 Å². The van der Waals surface area contributed by atoms with Crippen LogP contribution in [0.25, 0.3) is 0 Å². The molecule has 0 saturated carbocycles. The van der Waals surface area contributed by atoms with Gasteiger partial charge >= 0.3 is 0 Å². The molecule has 5 nitrogen and oxygen atoms in total. The van der Waals surface area contributed by atoms with E-state index in [2.05, 4.69) is 5.32 Å². The molecule has 0 saturated heterocycles. The molecule has 0 fully saturated rings. The minimum Gasteiger partial charge on any atom is -0.385 e. The fraction of sp³-hybridized carbons (Fsp3) is 0.900. The molecule has 0 heterocycles. The van der Waals surface area contributed by atoms with E-state index < -0.39 is 0 Å². The lowest BCUT2D eigenvalue weighted by Crippen LogP contribution is -2.25. The van der Waals surface area contributed by atoms with Crippen molar-refractivity contribution >= 4 is 5.91 Å². The van der Waals surface area contributed by atoms with Gasteiger partial charge in [-0.05, 0) is 12.8 Å². The van der Waals surface area contributed by atoms with Gasteiger partial charge in [-0.25, -0.2) is 0 Å². The van der Waals surface area contributed by atoms with Crippen LogP contribution in [0.5, 0.6) is 0 Å². The second-order valence-electron chi connectivity index (χ2n) is 3.20. The Bertz CT molecular complexity index is 154. The highest BCUT2D eigenvalue weighted by Crippen LogP contribution is 1.89. The molecule has 3 N–H and O–H groups in total. The molecule has 0 bridgehead atoms. The zero-order chi connectivity index (χ0) is 11.4. The number of amides is 1. The number of methoxy groups -OCH3 is 1. The van der Waals surface area contributed by atoms with E-state index in [-0.39, 0.29) is 5.91 Å². The van der Waals surface area contributed by atoms with Crippen LogP contribution >= 0.6 is 0 Å². The van der Waals surface area contributed by atoms with Gasteiger partial charge in [-0.2, -0.15) is 0 Å². The lowest BCUT2D eigenvalue weighted by Gasteiger charge is -2.05. The maximum Gasteiger partial charge on any atom is 0.220 e. The van der Waals surface area contributed by atoms with E-state index in [1.54, 1.807) is 7.11 Å². The Morgan fingerprint density at radius 1 is 1.27 bits per heavy atom. The highest BCUT2D eigenvalue weighted by Gasteiger charge is 1.99. The first-order valence-electron chi connectivity index (χ1n) is 5.34. The Balaban J connectivity index is 3.10. The number of hydrogen-bond donors (Lipinski definition) is 2. The van der Waals surface area contributed by atoms with Crippen LogP contribution < -0.4 is 11.1 Å². The summed E-state index contributed by atoms with van der Waals surface area (Å²) in [5, 5.41) is 2.81. The quantitative estimate of drug-likeness (QED) is 0.502. The molecule has 0 radical (unpaired) electrons. The van der Waals surface area contributed by atoms with Crippen molar-refractivity contribution in [3.05, 3.63) is 0 Å². The van der Waals surface area contributed by atoms with E-state index in [9.17, 15) is 4.79 Å². The van der Waals surface area contributed by atoms with E-state index in [4.69, 9.17) is 15.2 Å². The van der Waals surface area contributed by atoms with Crippen LogP contribution in [-0.2, 0) is 14.3 Å². The number of ether oxygens (including phenoxy) is 2. The summed E-state index contributed by atoms with van der Waals surface area (Å²) in [6.07, 6.45) is 2.12. The van der Waals surface area contributed by atoms with Gasteiger partial charge in [0.2, 0.25) is 5.91 Å². The molecule has 0 spiro atoms. The van der Waals surface area contributed by atoms with Crippen molar-refractivity contribution in [3.8, 4) is 0 Å². The van der Waals surface area contributed by atoms with Crippen LogP contribution in [0.3, 0.4) is 0 Å². The topological polar surface area (TPSA) is 73.6 Å². The van der Waals surface area contributed by atoms with Crippen LogP contribution in [0, 0.1) is 0 Å². The van der Waals surface area contributed by atoms with Crippen LogP contribution in [-0.4, -0.2) is 45.9 Å². The standard InChI is InChI=1S/C10H22N2O3/c1-14-7-2-4-10(13)12-6-3-8-15-9-5-11/h2-9,11H2,1H3,(H,12,13). The second-order valence-corrected chi connectivity index (χ2v) is 3.20. The summed E-state index contributed by atoms with van der Waals surface area (Å²) in [6.45, 7) is 3.07. The highest BCUT2D eigenvalue weighted by molar-refractivity contribution is 5.75. The van der Waals surface area contributed by atoms with Crippen molar-refractivity contribution in [1.82, 2.24) is 5.32 Å². The molecule has 1 amide bonds. The number of nitrogens with two attached hydrogens (primary N) is 1. The fourth-order valence-corrected chi connectivity index (χ4v) is 1.05. The first-order valence-corrected chi connectivity index (χ1v) is 5.34. The fourth-order valence-electron chi connectivity index (χ4n) is 1.05. The van der Waals surface area contributed by atoms with Gasteiger partial charge in [-0.1, -0.05) is 0 Å². The summed E-state index contributed by atoms with van der Waals surface area (Å²) in [7, 11) is 1.63. The SMILES string of the molecule is COCCCC(=O)NCCCOCCN. The normalized spacial score (nSPS) is 10.3. The predicted molar refractivity (Wildman–Crippen MR) is 58.6 cm³/mol. The van der Waals surface area contributed by atoms with Gasteiger partial charge in [-0.3, -0.25) is 4.79 Å². The van der Waals surface area contributed by atoms with E-state index in [0.29, 0.717) is 39.3 Å². The van der Waals surface area contributed by atoms with Gasteiger partial charge in [-0.15, -0.1) is 0 Å². The van der Waals surface area contributed by atoms with Crippen molar-refractivity contribution in [2.24, 2.45) is 5.73 Å². The lowest BCUT2D eigenvalue weighted by atomic mass is 10.3. The average Bonchev–Trinajstić information content (AvgIpc) is 2.23. The smallest absolute Gasteiger partial charge is 0.220 e. The molecular formula is C10H22N2O3. The lowest BCUT2D eigenvalue weighted by molar-refractivity contribution is -0.121. The summed E-state index contributed by atoms with van der Waals surface area (Å²) in [5.74, 6) is 0.0749. The Hall–Kier alpha value is -0.650. The maximum atomic E-state index is 11.2. The minimum atomic E-state index is 0.0749. The van der Waals surface area contributed by atoms with E-state index in [1.807, 2.05) is 0 Å². The molecule has 90 valence electrons. The Kier molecular flexibility index (Phi) is 10.9. The summed E-state index contributed by atoms with van der Waals surface area (Å²) in [4.78, 5) is 11.2. The Morgan fingerprint density at radius 3 is 2.73 bits per heavy atom. The van der Waals surface area contributed by atoms with Crippen molar-refractivity contribution in [2.45, 2.75) is 19.3 Å². The number of carbonyl (C=O) groups is 1. The summed E-state index contributed by atoms with van der Waals surface area (Å²) in [6, 6.07) is 0. The molecule has 5 heteroatoms. The van der Waals surface area contributed by atoms with Crippen LogP contribution in [0.1, 0.15) is 19.3 Å². The number of carbonyl (C=O) groups excluding carboxylic acids is 1. The number of nitrogens with one attached hydrogen (secondary N) is 1. The van der Waals surface area contributed by atoms with Crippen molar-refractivity contribution in [3.63, 3.8) is 0 Å². The van der Waals surface area contributed by atoms with Crippen LogP contribution in [0.15, 0.2) is 0 Å². The van der Waals surface area contributed by atoms with Gasteiger partial charge in [0.15, 0.2) is 0 Å². The molecule has 15 heavy (non-hydrogen) atoms. The third-order valence-corrected chi connectivity index (χ3v) is 1.80. The maximum absolute atomic E-state index is 11.2. The third kappa shape index (κ3) is 11.3. The summed E-state index contributed by atoms with van der Waals surface area (Å²) < 4.78 is 10.0. The van der Waals surface area contributed by atoms with E-state index in [0.717, 1.165) is 12.8 Å². The van der Waals surface area contributed by atoms with Gasteiger partial charge in [0.25, 0.3) is 0 Å². The number of rotatable bonds is 10. The molecular weight excluding hydrogens is 196 g/mol. The van der Waals surface area contributed by atoms with Crippen molar-refractivity contribution < 1.29 is 14.3 Å². The zero-order valence-corrected chi connectivity index (χ0v) is 9.46. The first kappa shape index (κ1) is 14.3. The van der Waals surface area contributed by atoms with Crippen LogP contribution in [0.2, 0.25) is 0 Å². The predicted octanol–water partition coefficient (Wildman–Crippen LogP) is -0.105. The van der Waals surface area contributed by atoms with Gasteiger partial charge in [0.05, 0.1) is 6.61 Å². The van der Waals surface area contributed by atoms with Crippen LogP contribution in [0.4, 0.5) is 0 Å². The molecule has 0 unspecified atom stereocenters. The monoisotopic (exact) mass is 218 g/mol. The average molecular weight is 218 g/mol. The van der Waals surface area contributed by atoms with Gasteiger partial charge in [0.1, 0.15) is 0 Å². The molecule has 0 aliphatic heterocycles. The number of hydrogen-bond acceptors (Lipinski definition) is 4. The van der Waals surface area contributed by atoms with E-state index >= 15 is 0 Å². The largest absolute Gasteiger partial charge is 0.385 e. The summed E-state index contributed by atoms with van der Waals surface area (Å²) in [5.41, 5.74) is 5.25. The zero-order valence-electron chi connectivity index (χ0n) is 9.46. The van der Waals surface area contributed by atoms with Crippen molar-refractivity contribution in [1.29, 1.82) is 0 Å². The molecule has 0 aliphatic rings. The first-order chi connectivity index (χ1) is 7.31. The summed E-state index contributed by atoms with van der Waals surface area (Å²) >= 11 is 0. The molecule has 0 aromatic rings. The molecule has 0 aromatic heterocycles. The van der Waals surface area contributed by atoms with Gasteiger partial charge in [0, 0.05) is 39.8 Å². The van der Waals surface area contributed by atoms with Gasteiger partial charge < -0.3 is 20.5 Å². The molecule has 0 rings (SSSR count). The highest BCUT2D eigenvalue weighted by atomic mass is 16.5.